The summed E-state index contributed by atoms with van der Waals surface area (Å²) in [7, 11) is 0. The number of halogens is 2. The van der Waals surface area contributed by atoms with Gasteiger partial charge in [-0.2, -0.15) is 0 Å². The summed E-state index contributed by atoms with van der Waals surface area (Å²) in [5, 5.41) is 11.3. The van der Waals surface area contributed by atoms with Crippen molar-refractivity contribution in [2.24, 2.45) is 0 Å². The molecule has 25 heavy (non-hydrogen) atoms. The van der Waals surface area contributed by atoms with Crippen LogP contribution in [-0.4, -0.2) is 10.1 Å². The van der Waals surface area contributed by atoms with E-state index in [1.165, 1.54) is 0 Å². The Hall–Kier alpha value is -2.23. The van der Waals surface area contributed by atoms with Crippen LogP contribution in [0.5, 0.6) is 5.75 Å². The molecule has 128 valence electrons. The summed E-state index contributed by atoms with van der Waals surface area (Å²) in [5.74, 6) is -0.110. The van der Waals surface area contributed by atoms with Crippen LogP contribution >= 0.6 is 23.2 Å². The highest BCUT2D eigenvalue weighted by Gasteiger charge is 2.26. The van der Waals surface area contributed by atoms with Gasteiger partial charge in [0.2, 0.25) is 0 Å². The quantitative estimate of drug-likeness (QED) is 0.647. The summed E-state index contributed by atoms with van der Waals surface area (Å²) >= 11 is 12.0. The van der Waals surface area contributed by atoms with Gasteiger partial charge in [0.15, 0.2) is 0 Å². The zero-order valence-electron chi connectivity index (χ0n) is 13.8. The fourth-order valence-corrected chi connectivity index (χ4v) is 3.40. The topological polar surface area (TPSA) is 53.1 Å². The summed E-state index contributed by atoms with van der Waals surface area (Å²) in [6, 6.07) is 16.1. The second-order valence-electron chi connectivity index (χ2n) is 6.42. The molecule has 0 amide bonds. The van der Waals surface area contributed by atoms with Crippen molar-refractivity contribution in [3.63, 3.8) is 0 Å². The Labute approximate surface area is 155 Å². The zero-order chi connectivity index (χ0) is 18.2. The molecule has 2 aromatic carbocycles. The fourth-order valence-electron chi connectivity index (χ4n) is 2.87. The van der Waals surface area contributed by atoms with Crippen LogP contribution in [0.3, 0.4) is 0 Å². The maximum absolute atomic E-state index is 12.7. The van der Waals surface area contributed by atoms with E-state index in [4.69, 9.17) is 23.2 Å². The summed E-state index contributed by atoms with van der Waals surface area (Å²) in [6.45, 7) is 3.98. The molecule has 5 heteroatoms. The highest BCUT2D eigenvalue weighted by molar-refractivity contribution is 6.35. The molecule has 3 nitrogen and oxygen atoms in total. The minimum atomic E-state index is -0.470. The first-order valence-electron chi connectivity index (χ1n) is 7.78. The number of hydrogen-bond donors (Lipinski definition) is 2. The van der Waals surface area contributed by atoms with Crippen molar-refractivity contribution in [3.05, 3.63) is 86.3 Å². The molecule has 0 aliphatic carbocycles. The maximum Gasteiger partial charge on any atom is 0.259 e. The molecule has 3 aromatic rings. The molecular formula is C20H17Cl2NO2. The van der Waals surface area contributed by atoms with E-state index in [-0.39, 0.29) is 11.3 Å². The molecular weight excluding hydrogens is 357 g/mol. The van der Waals surface area contributed by atoms with E-state index < -0.39 is 11.0 Å². The molecule has 0 unspecified atom stereocenters. The molecule has 0 aliphatic rings. The van der Waals surface area contributed by atoms with Crippen LogP contribution in [0.25, 0.3) is 11.1 Å². The van der Waals surface area contributed by atoms with Crippen molar-refractivity contribution in [3.8, 4) is 16.9 Å². The Morgan fingerprint density at radius 1 is 0.960 bits per heavy atom. The number of benzene rings is 2. The lowest BCUT2D eigenvalue weighted by molar-refractivity contribution is 0.471. The molecule has 3 rings (SSSR count). The van der Waals surface area contributed by atoms with Crippen LogP contribution < -0.4 is 5.56 Å². The van der Waals surface area contributed by atoms with Crippen molar-refractivity contribution in [2.45, 2.75) is 19.3 Å². The Morgan fingerprint density at radius 2 is 1.56 bits per heavy atom. The molecule has 0 bridgehead atoms. The molecule has 2 N–H and O–H groups in total. The number of aromatic hydroxyl groups is 1. The highest BCUT2D eigenvalue weighted by Crippen LogP contribution is 2.35. The van der Waals surface area contributed by atoms with Crippen LogP contribution in [0.1, 0.15) is 25.1 Å². The number of H-pyrrole nitrogens is 1. The van der Waals surface area contributed by atoms with Gasteiger partial charge in [0.05, 0.1) is 5.56 Å². The van der Waals surface area contributed by atoms with Crippen molar-refractivity contribution in [2.75, 3.05) is 0 Å². The minimum Gasteiger partial charge on any atom is -0.507 e. The minimum absolute atomic E-state index is 0.110. The van der Waals surface area contributed by atoms with Gasteiger partial charge >= 0.3 is 0 Å². The van der Waals surface area contributed by atoms with Gasteiger partial charge in [-0.15, -0.1) is 0 Å². The molecule has 0 aliphatic heterocycles. The van der Waals surface area contributed by atoms with Gasteiger partial charge in [-0.3, -0.25) is 4.79 Å². The van der Waals surface area contributed by atoms with E-state index in [0.29, 0.717) is 21.3 Å². The van der Waals surface area contributed by atoms with Crippen molar-refractivity contribution < 1.29 is 5.11 Å². The third-order valence-electron chi connectivity index (χ3n) is 4.33. The number of pyridine rings is 1. The molecule has 0 atom stereocenters. The molecule has 0 saturated carbocycles. The number of aromatic amines is 1. The largest absolute Gasteiger partial charge is 0.507 e. The van der Waals surface area contributed by atoms with Gasteiger partial charge in [-0.1, -0.05) is 67.4 Å². The standard InChI is InChI=1S/C20H17Cl2NO2/c1-20(2,13-6-4-3-5-7-13)17-11-16(24)18(19(25)23-17)12-8-14(21)10-15(22)9-12/h3-11H,1-2H3,(H2,23,24,25). The van der Waals surface area contributed by atoms with E-state index in [1.807, 2.05) is 44.2 Å². The first kappa shape index (κ1) is 17.6. The summed E-state index contributed by atoms with van der Waals surface area (Å²) < 4.78 is 0. The van der Waals surface area contributed by atoms with Gasteiger partial charge < -0.3 is 10.1 Å². The van der Waals surface area contributed by atoms with Gasteiger partial charge in [-0.25, -0.2) is 0 Å². The van der Waals surface area contributed by atoms with Crippen LogP contribution in [0.4, 0.5) is 0 Å². The number of nitrogens with one attached hydrogen (secondary N) is 1. The van der Waals surface area contributed by atoms with Crippen LogP contribution in [-0.2, 0) is 5.41 Å². The Kier molecular flexibility index (Phi) is 4.63. The molecule has 1 heterocycles. The van der Waals surface area contributed by atoms with E-state index in [2.05, 4.69) is 4.98 Å². The summed E-state index contributed by atoms with van der Waals surface area (Å²) in [4.78, 5) is 15.6. The summed E-state index contributed by atoms with van der Waals surface area (Å²) in [6.07, 6.45) is 0. The SMILES string of the molecule is CC(C)(c1ccccc1)c1cc(O)c(-c2cc(Cl)cc(Cl)c2)c(=O)[nH]1. The normalized spacial score (nSPS) is 11.5. The smallest absolute Gasteiger partial charge is 0.259 e. The lowest BCUT2D eigenvalue weighted by Gasteiger charge is -2.26. The zero-order valence-corrected chi connectivity index (χ0v) is 15.3. The molecule has 0 saturated heterocycles. The average Bonchev–Trinajstić information content (AvgIpc) is 2.54. The third kappa shape index (κ3) is 3.44. The van der Waals surface area contributed by atoms with E-state index in [9.17, 15) is 9.90 Å². The average molecular weight is 374 g/mol. The lowest BCUT2D eigenvalue weighted by Crippen LogP contribution is -2.24. The summed E-state index contributed by atoms with van der Waals surface area (Å²) in [5.41, 5.74) is 1.42. The first-order chi connectivity index (χ1) is 11.8. The van der Waals surface area contributed by atoms with Gasteiger partial charge in [0, 0.05) is 27.2 Å². The lowest BCUT2D eigenvalue weighted by atomic mass is 9.81. The van der Waals surface area contributed by atoms with Crippen molar-refractivity contribution >= 4 is 23.2 Å². The predicted octanol–water partition coefficient (Wildman–Crippen LogP) is 5.38. The monoisotopic (exact) mass is 373 g/mol. The number of hydrogen-bond acceptors (Lipinski definition) is 2. The number of aromatic nitrogens is 1. The fraction of sp³-hybridized carbons (Fsp3) is 0.150. The van der Waals surface area contributed by atoms with E-state index in [1.54, 1.807) is 24.3 Å². The van der Waals surface area contributed by atoms with Gasteiger partial charge in [-0.05, 0) is 29.3 Å². The Balaban J connectivity index is 2.14. The predicted molar refractivity (Wildman–Crippen MR) is 103 cm³/mol. The highest BCUT2D eigenvalue weighted by atomic mass is 35.5. The first-order valence-corrected chi connectivity index (χ1v) is 8.53. The molecule has 0 fully saturated rings. The van der Waals surface area contributed by atoms with Crippen molar-refractivity contribution in [1.29, 1.82) is 0 Å². The molecule has 1 aromatic heterocycles. The van der Waals surface area contributed by atoms with E-state index >= 15 is 0 Å². The maximum atomic E-state index is 12.7. The van der Waals surface area contributed by atoms with E-state index in [0.717, 1.165) is 5.56 Å². The Morgan fingerprint density at radius 3 is 2.12 bits per heavy atom. The number of rotatable bonds is 3. The third-order valence-corrected chi connectivity index (χ3v) is 4.77. The van der Waals surface area contributed by atoms with Gasteiger partial charge in [0.1, 0.15) is 5.75 Å². The van der Waals surface area contributed by atoms with Gasteiger partial charge in [0.25, 0.3) is 5.56 Å². The second kappa shape index (κ2) is 6.58. The van der Waals surface area contributed by atoms with Crippen LogP contribution in [0, 0.1) is 0 Å². The second-order valence-corrected chi connectivity index (χ2v) is 7.29. The van der Waals surface area contributed by atoms with Crippen LogP contribution in [0.2, 0.25) is 10.0 Å². The molecule has 0 spiro atoms. The van der Waals surface area contributed by atoms with Crippen LogP contribution in [0.15, 0.2) is 59.4 Å². The molecule has 0 radical (unpaired) electrons. The van der Waals surface area contributed by atoms with Crippen molar-refractivity contribution in [1.82, 2.24) is 4.98 Å². The Bertz CT molecular complexity index is 958.